The third kappa shape index (κ3) is 5.01. The number of guanidine groups is 1. The van der Waals surface area contributed by atoms with Gasteiger partial charge in [0.2, 0.25) is 0 Å². The van der Waals surface area contributed by atoms with E-state index in [2.05, 4.69) is 46.8 Å². The van der Waals surface area contributed by atoms with Gasteiger partial charge in [-0.25, -0.2) is 0 Å². The Morgan fingerprint density at radius 1 is 1.23 bits per heavy atom. The van der Waals surface area contributed by atoms with Crippen molar-refractivity contribution in [3.8, 4) is 5.75 Å². The fourth-order valence-corrected chi connectivity index (χ4v) is 3.58. The van der Waals surface area contributed by atoms with E-state index in [4.69, 9.17) is 9.47 Å². The summed E-state index contributed by atoms with van der Waals surface area (Å²) < 4.78 is 11.5. The molecule has 0 amide bonds. The number of fused-ring (bicyclic) bond motifs is 1. The summed E-state index contributed by atoms with van der Waals surface area (Å²) in [5, 5.41) is 6.90. The zero-order valence-corrected chi connectivity index (χ0v) is 18.3. The number of hydrogen-bond donors (Lipinski definition) is 2. The summed E-state index contributed by atoms with van der Waals surface area (Å²) in [7, 11) is 6.10. The molecule has 1 aromatic carbocycles. The highest BCUT2D eigenvalue weighted by Crippen LogP contribution is 2.28. The molecule has 2 aliphatic heterocycles. The van der Waals surface area contributed by atoms with E-state index in [0.29, 0.717) is 0 Å². The molecule has 0 aliphatic carbocycles. The minimum atomic E-state index is 0. The van der Waals surface area contributed by atoms with Gasteiger partial charge in [0.1, 0.15) is 11.9 Å². The minimum absolute atomic E-state index is 0. The fraction of sp³-hybridized carbons (Fsp3) is 0.632. The molecular formula is C19H31IN4O2. The van der Waals surface area contributed by atoms with E-state index in [9.17, 15) is 0 Å². The molecule has 1 atom stereocenters. The maximum atomic E-state index is 5.98. The van der Waals surface area contributed by atoms with Gasteiger partial charge in [0, 0.05) is 38.8 Å². The van der Waals surface area contributed by atoms with Gasteiger partial charge < -0.3 is 25.0 Å². The molecule has 1 saturated heterocycles. The van der Waals surface area contributed by atoms with Crippen LogP contribution in [0.5, 0.6) is 5.75 Å². The van der Waals surface area contributed by atoms with Gasteiger partial charge in [-0.3, -0.25) is 4.99 Å². The van der Waals surface area contributed by atoms with Gasteiger partial charge in [-0.15, -0.1) is 24.0 Å². The Morgan fingerprint density at radius 3 is 2.62 bits per heavy atom. The first-order valence-electron chi connectivity index (χ1n) is 9.07. The lowest BCUT2D eigenvalue weighted by atomic mass is 9.88. The van der Waals surface area contributed by atoms with Crippen LogP contribution < -0.4 is 15.4 Å². The average Bonchev–Trinajstić information content (AvgIpc) is 3.05. The van der Waals surface area contributed by atoms with Gasteiger partial charge in [0.25, 0.3) is 0 Å². The summed E-state index contributed by atoms with van der Waals surface area (Å²) in [5.41, 5.74) is 1.40. The molecule has 3 rings (SSSR count). The first kappa shape index (κ1) is 21.2. The van der Waals surface area contributed by atoms with Crippen LogP contribution in [0.1, 0.15) is 18.4 Å². The summed E-state index contributed by atoms with van der Waals surface area (Å²) in [6.07, 6.45) is 3.16. The number of rotatable bonds is 5. The second-order valence-electron chi connectivity index (χ2n) is 7.09. The predicted octanol–water partition coefficient (Wildman–Crippen LogP) is 1.88. The summed E-state index contributed by atoms with van der Waals surface area (Å²) in [6, 6.07) is 8.25. The zero-order chi connectivity index (χ0) is 17.7. The van der Waals surface area contributed by atoms with E-state index in [1.165, 1.54) is 5.56 Å². The Bertz CT molecular complexity index is 578. The van der Waals surface area contributed by atoms with Gasteiger partial charge in [0.05, 0.1) is 6.54 Å². The molecular weight excluding hydrogens is 443 g/mol. The standard InChI is InChI=1S/C19H30N4O2.HI/c1-20-18(22-14-19(23(2)3)8-10-24-11-9-19)21-13-16-12-15-6-4-5-7-17(15)25-16;/h4-7,16H,8-14H2,1-3H3,(H2,20,21,22);1H. The number of nitrogens with one attached hydrogen (secondary N) is 2. The van der Waals surface area contributed by atoms with Crippen LogP contribution in [0.2, 0.25) is 0 Å². The lowest BCUT2D eigenvalue weighted by Crippen LogP contribution is -2.57. The molecule has 7 heteroatoms. The monoisotopic (exact) mass is 474 g/mol. The number of likely N-dealkylation sites (N-methyl/N-ethyl adjacent to an activating group) is 1. The molecule has 0 aromatic heterocycles. The van der Waals surface area contributed by atoms with Crippen molar-refractivity contribution < 1.29 is 9.47 Å². The molecule has 0 saturated carbocycles. The highest BCUT2D eigenvalue weighted by molar-refractivity contribution is 14.0. The molecule has 146 valence electrons. The molecule has 1 fully saturated rings. The van der Waals surface area contributed by atoms with Crippen LogP contribution in [-0.2, 0) is 11.2 Å². The Hall–Kier alpha value is -1.06. The first-order chi connectivity index (χ1) is 12.1. The molecule has 2 aliphatic rings. The Morgan fingerprint density at radius 2 is 1.96 bits per heavy atom. The third-order valence-electron chi connectivity index (χ3n) is 5.39. The summed E-state index contributed by atoms with van der Waals surface area (Å²) in [5.74, 6) is 1.83. The van der Waals surface area contributed by atoms with Crippen molar-refractivity contribution in [3.63, 3.8) is 0 Å². The predicted molar refractivity (Wildman–Crippen MR) is 116 cm³/mol. The van der Waals surface area contributed by atoms with Crippen LogP contribution in [0.3, 0.4) is 0 Å². The number of hydrogen-bond acceptors (Lipinski definition) is 4. The van der Waals surface area contributed by atoms with Gasteiger partial charge in [-0.05, 0) is 38.6 Å². The van der Waals surface area contributed by atoms with E-state index in [1.807, 2.05) is 19.2 Å². The lowest BCUT2D eigenvalue weighted by molar-refractivity contribution is -0.00502. The Labute approximate surface area is 173 Å². The maximum absolute atomic E-state index is 5.98. The fourth-order valence-electron chi connectivity index (χ4n) is 3.58. The van der Waals surface area contributed by atoms with Crippen molar-refractivity contribution in [1.82, 2.24) is 15.5 Å². The van der Waals surface area contributed by atoms with E-state index in [1.54, 1.807) is 0 Å². The topological polar surface area (TPSA) is 58.1 Å². The van der Waals surface area contributed by atoms with Crippen LogP contribution in [0, 0.1) is 0 Å². The normalized spacial score (nSPS) is 21.5. The van der Waals surface area contributed by atoms with Crippen molar-refractivity contribution in [2.24, 2.45) is 4.99 Å². The smallest absolute Gasteiger partial charge is 0.191 e. The van der Waals surface area contributed by atoms with Crippen molar-refractivity contribution >= 4 is 29.9 Å². The number of para-hydroxylation sites is 1. The summed E-state index contributed by atoms with van der Waals surface area (Å²) in [4.78, 5) is 6.67. The van der Waals surface area contributed by atoms with Crippen LogP contribution in [0.4, 0.5) is 0 Å². The average molecular weight is 474 g/mol. The molecule has 0 radical (unpaired) electrons. The molecule has 0 spiro atoms. The van der Waals surface area contributed by atoms with Crippen LogP contribution in [0.15, 0.2) is 29.3 Å². The maximum Gasteiger partial charge on any atom is 0.191 e. The van der Waals surface area contributed by atoms with Gasteiger partial charge in [-0.2, -0.15) is 0 Å². The highest BCUT2D eigenvalue weighted by Gasteiger charge is 2.35. The molecule has 1 unspecified atom stereocenters. The molecule has 2 heterocycles. The van der Waals surface area contributed by atoms with Crippen molar-refractivity contribution in [2.75, 3.05) is 47.4 Å². The zero-order valence-electron chi connectivity index (χ0n) is 16.0. The number of nitrogens with zero attached hydrogens (tertiary/aromatic N) is 2. The molecule has 1 aromatic rings. The van der Waals surface area contributed by atoms with Crippen molar-refractivity contribution in [2.45, 2.75) is 30.9 Å². The third-order valence-corrected chi connectivity index (χ3v) is 5.39. The molecule has 2 N–H and O–H groups in total. The van der Waals surface area contributed by atoms with E-state index in [0.717, 1.165) is 57.3 Å². The molecule has 0 bridgehead atoms. The van der Waals surface area contributed by atoms with E-state index >= 15 is 0 Å². The number of halogens is 1. The van der Waals surface area contributed by atoms with Crippen molar-refractivity contribution in [1.29, 1.82) is 0 Å². The SMILES string of the molecule is CN=C(NCC1Cc2ccccc2O1)NCC1(N(C)C)CCOCC1.I. The molecule has 6 nitrogen and oxygen atoms in total. The Kier molecular flexibility index (Phi) is 7.97. The van der Waals surface area contributed by atoms with Gasteiger partial charge in [0.15, 0.2) is 5.96 Å². The van der Waals surface area contributed by atoms with Crippen LogP contribution >= 0.6 is 24.0 Å². The van der Waals surface area contributed by atoms with E-state index in [-0.39, 0.29) is 35.6 Å². The summed E-state index contributed by atoms with van der Waals surface area (Å²) >= 11 is 0. The van der Waals surface area contributed by atoms with Crippen LogP contribution in [-0.4, -0.2) is 69.9 Å². The first-order valence-corrected chi connectivity index (χ1v) is 9.07. The number of ether oxygens (including phenoxy) is 2. The van der Waals surface area contributed by atoms with Gasteiger partial charge in [-0.1, -0.05) is 18.2 Å². The van der Waals surface area contributed by atoms with Gasteiger partial charge >= 0.3 is 0 Å². The number of benzene rings is 1. The quantitative estimate of drug-likeness (QED) is 0.388. The van der Waals surface area contributed by atoms with Crippen molar-refractivity contribution in [3.05, 3.63) is 29.8 Å². The minimum Gasteiger partial charge on any atom is -0.488 e. The lowest BCUT2D eigenvalue weighted by Gasteiger charge is -2.43. The van der Waals surface area contributed by atoms with E-state index < -0.39 is 0 Å². The molecule has 26 heavy (non-hydrogen) atoms. The Balaban J connectivity index is 0.00000243. The van der Waals surface area contributed by atoms with Crippen LogP contribution in [0.25, 0.3) is 0 Å². The second kappa shape index (κ2) is 9.75. The largest absolute Gasteiger partial charge is 0.488 e. The highest BCUT2D eigenvalue weighted by atomic mass is 127. The summed E-state index contributed by atoms with van der Waals surface area (Å²) in [6.45, 7) is 3.24. The second-order valence-corrected chi connectivity index (χ2v) is 7.09. The number of aliphatic imine (C=N–C) groups is 1.